The van der Waals surface area contributed by atoms with E-state index in [1.54, 1.807) is 23.7 Å². The Labute approximate surface area is 125 Å². The van der Waals surface area contributed by atoms with Gasteiger partial charge < -0.3 is 5.73 Å². The van der Waals surface area contributed by atoms with Gasteiger partial charge in [0.1, 0.15) is 0 Å². The quantitative estimate of drug-likeness (QED) is 0.836. The molecule has 0 bridgehead atoms. The zero-order chi connectivity index (χ0) is 15.8. The second-order valence-corrected chi connectivity index (χ2v) is 6.88. The molecule has 0 aliphatic rings. The van der Waals surface area contributed by atoms with Gasteiger partial charge >= 0.3 is 0 Å². The van der Waals surface area contributed by atoms with Crippen LogP contribution in [-0.2, 0) is 23.6 Å². The number of benzene rings is 1. The molecule has 1 aromatic carbocycles. The van der Waals surface area contributed by atoms with Crippen molar-refractivity contribution in [1.82, 2.24) is 14.5 Å². The number of nitrogens with zero attached hydrogens (tertiary/aromatic N) is 2. The lowest BCUT2D eigenvalue weighted by Crippen LogP contribution is -2.24. The fourth-order valence-electron chi connectivity index (χ4n) is 2.14. The Morgan fingerprint density at radius 1 is 1.29 bits per heavy atom. The molecule has 0 saturated heterocycles. The van der Waals surface area contributed by atoms with Crippen LogP contribution in [0.15, 0.2) is 23.1 Å². The first-order chi connectivity index (χ1) is 9.72. The molecule has 2 aromatic rings. The molecule has 7 heteroatoms. The van der Waals surface area contributed by atoms with Crippen LogP contribution < -0.4 is 10.5 Å². The van der Waals surface area contributed by atoms with Crippen LogP contribution in [0.1, 0.15) is 22.5 Å². The van der Waals surface area contributed by atoms with Crippen LogP contribution in [0.25, 0.3) is 0 Å². The third-order valence-electron chi connectivity index (χ3n) is 3.65. The molecule has 0 aliphatic heterocycles. The van der Waals surface area contributed by atoms with Gasteiger partial charge in [0.15, 0.2) is 0 Å². The molecule has 114 valence electrons. The fourth-order valence-corrected chi connectivity index (χ4v) is 3.22. The summed E-state index contributed by atoms with van der Waals surface area (Å²) in [5.74, 6) is 0. The maximum absolute atomic E-state index is 12.3. The van der Waals surface area contributed by atoms with Crippen LogP contribution in [0, 0.1) is 20.8 Å². The lowest BCUT2D eigenvalue weighted by Gasteiger charge is -2.09. The second kappa shape index (κ2) is 5.50. The van der Waals surface area contributed by atoms with Crippen molar-refractivity contribution in [2.45, 2.75) is 32.2 Å². The van der Waals surface area contributed by atoms with Crippen LogP contribution in [0.4, 0.5) is 5.69 Å². The zero-order valence-corrected chi connectivity index (χ0v) is 13.5. The molecule has 3 N–H and O–H groups in total. The SMILES string of the molecule is Cc1cc(S(=O)(=O)NCc2c(C)nn(C)c2C)ccc1N. The summed E-state index contributed by atoms with van der Waals surface area (Å²) in [6.07, 6.45) is 0. The number of hydrogen-bond donors (Lipinski definition) is 2. The van der Waals surface area contributed by atoms with Crippen molar-refractivity contribution < 1.29 is 8.42 Å². The summed E-state index contributed by atoms with van der Waals surface area (Å²) in [6, 6.07) is 4.68. The summed E-state index contributed by atoms with van der Waals surface area (Å²) in [6.45, 7) is 5.78. The minimum Gasteiger partial charge on any atom is -0.399 e. The summed E-state index contributed by atoms with van der Waals surface area (Å²) >= 11 is 0. The molecular formula is C14H20N4O2S. The molecule has 0 amide bonds. The van der Waals surface area contributed by atoms with E-state index in [4.69, 9.17) is 5.73 Å². The van der Waals surface area contributed by atoms with Crippen molar-refractivity contribution in [2.24, 2.45) is 7.05 Å². The van der Waals surface area contributed by atoms with Gasteiger partial charge in [0, 0.05) is 30.5 Å². The molecule has 0 fully saturated rings. The fraction of sp³-hybridized carbons (Fsp3) is 0.357. The summed E-state index contributed by atoms with van der Waals surface area (Å²) in [4.78, 5) is 0.216. The molecule has 1 heterocycles. The molecule has 1 aromatic heterocycles. The van der Waals surface area contributed by atoms with Crippen molar-refractivity contribution in [2.75, 3.05) is 5.73 Å². The number of hydrogen-bond acceptors (Lipinski definition) is 4. The molecule has 0 saturated carbocycles. The first kappa shape index (κ1) is 15.5. The van der Waals surface area contributed by atoms with Crippen molar-refractivity contribution in [3.8, 4) is 0 Å². The van der Waals surface area contributed by atoms with Gasteiger partial charge in [-0.05, 0) is 44.5 Å². The van der Waals surface area contributed by atoms with Crippen molar-refractivity contribution in [3.63, 3.8) is 0 Å². The van der Waals surface area contributed by atoms with E-state index in [0.717, 1.165) is 22.5 Å². The predicted molar refractivity (Wildman–Crippen MR) is 82.3 cm³/mol. The van der Waals surface area contributed by atoms with Crippen LogP contribution in [-0.4, -0.2) is 18.2 Å². The van der Waals surface area contributed by atoms with E-state index in [1.807, 2.05) is 20.9 Å². The lowest BCUT2D eigenvalue weighted by molar-refractivity contribution is 0.581. The summed E-state index contributed by atoms with van der Waals surface area (Å²) in [7, 11) is -1.73. The highest BCUT2D eigenvalue weighted by Gasteiger charge is 2.17. The standard InChI is InChI=1S/C14H20N4O2S/c1-9-7-12(5-6-14(9)15)21(19,20)16-8-13-10(2)17-18(4)11(13)3/h5-7,16H,8,15H2,1-4H3. The monoisotopic (exact) mass is 308 g/mol. The third kappa shape index (κ3) is 3.08. The van der Waals surface area contributed by atoms with E-state index in [1.165, 1.54) is 6.07 Å². The zero-order valence-electron chi connectivity index (χ0n) is 12.6. The van der Waals surface area contributed by atoms with E-state index < -0.39 is 10.0 Å². The molecule has 0 spiro atoms. The number of nitrogens with one attached hydrogen (secondary N) is 1. The van der Waals surface area contributed by atoms with Crippen LogP contribution >= 0.6 is 0 Å². The van der Waals surface area contributed by atoms with E-state index >= 15 is 0 Å². The highest BCUT2D eigenvalue weighted by atomic mass is 32.2. The Morgan fingerprint density at radius 3 is 2.48 bits per heavy atom. The van der Waals surface area contributed by atoms with Crippen molar-refractivity contribution in [1.29, 1.82) is 0 Å². The average Bonchev–Trinajstić information content (AvgIpc) is 2.64. The van der Waals surface area contributed by atoms with Crippen LogP contribution in [0.2, 0.25) is 0 Å². The number of rotatable bonds is 4. The molecular weight excluding hydrogens is 288 g/mol. The highest BCUT2D eigenvalue weighted by molar-refractivity contribution is 7.89. The van der Waals surface area contributed by atoms with Gasteiger partial charge in [0.25, 0.3) is 0 Å². The van der Waals surface area contributed by atoms with Gasteiger partial charge in [-0.3, -0.25) is 4.68 Å². The number of sulfonamides is 1. The Morgan fingerprint density at radius 2 is 1.95 bits per heavy atom. The molecule has 0 atom stereocenters. The average molecular weight is 308 g/mol. The lowest BCUT2D eigenvalue weighted by atomic mass is 10.2. The normalized spacial score (nSPS) is 11.8. The number of nitrogen functional groups attached to an aromatic ring is 1. The van der Waals surface area contributed by atoms with Gasteiger partial charge in [0.05, 0.1) is 10.6 Å². The Kier molecular flexibility index (Phi) is 4.06. The number of nitrogens with two attached hydrogens (primary N) is 1. The molecule has 6 nitrogen and oxygen atoms in total. The maximum Gasteiger partial charge on any atom is 0.240 e. The first-order valence-electron chi connectivity index (χ1n) is 6.57. The predicted octanol–water partition coefficient (Wildman–Crippen LogP) is 1.41. The maximum atomic E-state index is 12.3. The van der Waals surface area contributed by atoms with Gasteiger partial charge in [0.2, 0.25) is 10.0 Å². The van der Waals surface area contributed by atoms with Crippen molar-refractivity contribution in [3.05, 3.63) is 40.7 Å². The Hall–Kier alpha value is -1.86. The van der Waals surface area contributed by atoms with E-state index in [-0.39, 0.29) is 11.4 Å². The van der Waals surface area contributed by atoms with Gasteiger partial charge in [-0.1, -0.05) is 0 Å². The molecule has 2 rings (SSSR count). The van der Waals surface area contributed by atoms with Gasteiger partial charge in [-0.25, -0.2) is 13.1 Å². The minimum atomic E-state index is -3.56. The molecule has 0 unspecified atom stereocenters. The van der Waals surface area contributed by atoms with Gasteiger partial charge in [-0.15, -0.1) is 0 Å². The summed E-state index contributed by atoms with van der Waals surface area (Å²) in [5.41, 5.74) is 9.70. The van der Waals surface area contributed by atoms with E-state index in [9.17, 15) is 8.42 Å². The third-order valence-corrected chi connectivity index (χ3v) is 5.05. The van der Waals surface area contributed by atoms with Crippen molar-refractivity contribution >= 4 is 15.7 Å². The van der Waals surface area contributed by atoms with Crippen LogP contribution in [0.5, 0.6) is 0 Å². The van der Waals surface area contributed by atoms with E-state index in [0.29, 0.717) is 5.69 Å². The first-order valence-corrected chi connectivity index (χ1v) is 8.05. The van der Waals surface area contributed by atoms with Crippen LogP contribution in [0.3, 0.4) is 0 Å². The number of anilines is 1. The smallest absolute Gasteiger partial charge is 0.240 e. The Bertz CT molecular complexity index is 779. The highest BCUT2D eigenvalue weighted by Crippen LogP contribution is 2.18. The van der Waals surface area contributed by atoms with E-state index in [2.05, 4.69) is 9.82 Å². The summed E-state index contributed by atoms with van der Waals surface area (Å²) in [5, 5.41) is 4.28. The minimum absolute atomic E-state index is 0.216. The number of aryl methyl sites for hydroxylation is 3. The largest absolute Gasteiger partial charge is 0.399 e. The number of aromatic nitrogens is 2. The molecule has 0 aliphatic carbocycles. The molecule has 21 heavy (non-hydrogen) atoms. The molecule has 0 radical (unpaired) electrons. The van der Waals surface area contributed by atoms with Gasteiger partial charge in [-0.2, -0.15) is 5.10 Å². The second-order valence-electron chi connectivity index (χ2n) is 5.12. The Balaban J connectivity index is 2.23. The summed E-state index contributed by atoms with van der Waals surface area (Å²) < 4.78 is 29.0. The topological polar surface area (TPSA) is 90.0 Å².